The molecule has 0 aliphatic carbocycles. The van der Waals surface area contributed by atoms with Crippen molar-refractivity contribution >= 4 is 12.6 Å². The van der Waals surface area contributed by atoms with Crippen LogP contribution in [0.1, 0.15) is 17.7 Å². The minimum absolute atomic E-state index is 0.952. The summed E-state index contributed by atoms with van der Waals surface area (Å²) in [6, 6.07) is 4.18. The third kappa shape index (κ3) is 2.93. The number of hydrogen-bond acceptors (Lipinski definition) is 2. The fraction of sp³-hybridized carbons (Fsp3) is 0.444. The lowest BCUT2D eigenvalue weighted by molar-refractivity contribution is 0.923. The Morgan fingerprint density at radius 1 is 1.45 bits per heavy atom. The number of aromatic nitrogens is 1. The van der Waals surface area contributed by atoms with Gasteiger partial charge in [-0.3, -0.25) is 4.98 Å². The Labute approximate surface area is 73.3 Å². The predicted octanol–water partition coefficient (Wildman–Crippen LogP) is 2.25. The third-order valence-electron chi connectivity index (χ3n) is 1.60. The fourth-order valence-corrected chi connectivity index (χ4v) is 1.09. The van der Waals surface area contributed by atoms with Crippen molar-refractivity contribution in [3.05, 3.63) is 29.6 Å². The minimum Gasteiger partial charge on any atom is -0.261 e. The maximum atomic E-state index is 4.21. The van der Waals surface area contributed by atoms with Gasteiger partial charge in [-0.1, -0.05) is 6.07 Å². The van der Waals surface area contributed by atoms with Gasteiger partial charge in [-0.15, -0.1) is 0 Å². The van der Waals surface area contributed by atoms with Gasteiger partial charge in [0.25, 0.3) is 0 Å². The summed E-state index contributed by atoms with van der Waals surface area (Å²) >= 11 is 4.15. The van der Waals surface area contributed by atoms with Crippen LogP contribution in [0.25, 0.3) is 0 Å². The van der Waals surface area contributed by atoms with Crippen molar-refractivity contribution in [3.8, 4) is 0 Å². The van der Waals surface area contributed by atoms with Crippen LogP contribution in [0.3, 0.4) is 0 Å². The lowest BCUT2D eigenvalue weighted by Gasteiger charge is -1.98. The van der Waals surface area contributed by atoms with E-state index in [1.54, 1.807) is 0 Å². The summed E-state index contributed by atoms with van der Waals surface area (Å²) in [5.74, 6) is 0.952. The van der Waals surface area contributed by atoms with Crippen LogP contribution in [-0.4, -0.2) is 10.7 Å². The smallest absolute Gasteiger partial charge is 0.0372 e. The van der Waals surface area contributed by atoms with Gasteiger partial charge in [0, 0.05) is 11.9 Å². The van der Waals surface area contributed by atoms with E-state index in [1.807, 2.05) is 19.2 Å². The SMILES string of the molecule is Cc1ccc(CCCS)cn1. The first-order chi connectivity index (χ1) is 5.33. The first-order valence-corrected chi connectivity index (χ1v) is 4.48. The second kappa shape index (κ2) is 4.39. The molecule has 0 fully saturated rings. The van der Waals surface area contributed by atoms with E-state index in [-0.39, 0.29) is 0 Å². The van der Waals surface area contributed by atoms with Gasteiger partial charge in [0.1, 0.15) is 0 Å². The van der Waals surface area contributed by atoms with Gasteiger partial charge in [-0.25, -0.2) is 0 Å². The summed E-state index contributed by atoms with van der Waals surface area (Å²) in [4.78, 5) is 4.21. The number of hydrogen-bond donors (Lipinski definition) is 1. The molecular weight excluding hydrogens is 154 g/mol. The van der Waals surface area contributed by atoms with Crippen LogP contribution < -0.4 is 0 Å². The Morgan fingerprint density at radius 3 is 2.82 bits per heavy atom. The average Bonchev–Trinajstić information content (AvgIpc) is 2.04. The van der Waals surface area contributed by atoms with E-state index in [0.717, 1.165) is 24.3 Å². The Morgan fingerprint density at radius 2 is 2.27 bits per heavy atom. The van der Waals surface area contributed by atoms with Crippen molar-refractivity contribution in [1.82, 2.24) is 4.98 Å². The third-order valence-corrected chi connectivity index (χ3v) is 1.91. The van der Waals surface area contributed by atoms with Crippen LogP contribution in [0.5, 0.6) is 0 Å². The van der Waals surface area contributed by atoms with Crippen LogP contribution in [0.15, 0.2) is 18.3 Å². The van der Waals surface area contributed by atoms with Crippen molar-refractivity contribution in [2.75, 3.05) is 5.75 Å². The molecule has 60 valence electrons. The molecule has 0 spiro atoms. The standard InChI is InChI=1S/C9H13NS/c1-8-4-5-9(7-10-8)3-2-6-11/h4-5,7,11H,2-3,6H2,1H3. The molecule has 0 atom stereocenters. The van der Waals surface area contributed by atoms with Gasteiger partial charge < -0.3 is 0 Å². The Bertz CT molecular complexity index is 205. The van der Waals surface area contributed by atoms with Gasteiger partial charge >= 0.3 is 0 Å². The molecule has 1 rings (SSSR count). The number of aryl methyl sites for hydroxylation is 2. The molecular formula is C9H13NS. The number of thiol groups is 1. The highest BCUT2D eigenvalue weighted by atomic mass is 32.1. The van der Waals surface area contributed by atoms with Crippen LogP contribution in [-0.2, 0) is 6.42 Å². The second-order valence-electron chi connectivity index (χ2n) is 2.63. The molecule has 0 bridgehead atoms. The Hall–Kier alpha value is -0.500. The van der Waals surface area contributed by atoms with Crippen LogP contribution in [0.2, 0.25) is 0 Å². The molecule has 0 aromatic carbocycles. The van der Waals surface area contributed by atoms with Gasteiger partial charge in [-0.2, -0.15) is 12.6 Å². The van der Waals surface area contributed by atoms with E-state index in [2.05, 4.69) is 23.7 Å². The van der Waals surface area contributed by atoms with E-state index >= 15 is 0 Å². The molecule has 0 saturated carbocycles. The highest BCUT2D eigenvalue weighted by Crippen LogP contribution is 2.02. The van der Waals surface area contributed by atoms with Gasteiger partial charge in [-0.05, 0) is 37.1 Å². The Kier molecular flexibility index (Phi) is 3.43. The minimum atomic E-state index is 0.952. The van der Waals surface area contributed by atoms with Gasteiger partial charge in [0.05, 0.1) is 0 Å². The molecule has 1 heterocycles. The number of pyridine rings is 1. The summed E-state index contributed by atoms with van der Waals surface area (Å²) in [6.45, 7) is 2.00. The van der Waals surface area contributed by atoms with E-state index in [9.17, 15) is 0 Å². The molecule has 1 nitrogen and oxygen atoms in total. The van der Waals surface area contributed by atoms with E-state index < -0.39 is 0 Å². The predicted molar refractivity (Wildman–Crippen MR) is 51.1 cm³/mol. The lowest BCUT2D eigenvalue weighted by atomic mass is 10.2. The average molecular weight is 167 g/mol. The zero-order chi connectivity index (χ0) is 8.10. The second-order valence-corrected chi connectivity index (χ2v) is 3.08. The van der Waals surface area contributed by atoms with E-state index in [4.69, 9.17) is 0 Å². The van der Waals surface area contributed by atoms with Crippen molar-refractivity contribution in [1.29, 1.82) is 0 Å². The molecule has 0 unspecified atom stereocenters. The maximum absolute atomic E-state index is 4.21. The summed E-state index contributed by atoms with van der Waals surface area (Å²) in [5, 5.41) is 0. The first kappa shape index (κ1) is 8.60. The molecule has 1 aromatic heterocycles. The quantitative estimate of drug-likeness (QED) is 0.681. The molecule has 0 aliphatic heterocycles. The van der Waals surface area contributed by atoms with Crippen molar-refractivity contribution in [2.45, 2.75) is 19.8 Å². The largest absolute Gasteiger partial charge is 0.261 e. The highest BCUT2D eigenvalue weighted by Gasteiger charge is 1.91. The van der Waals surface area contributed by atoms with E-state index in [1.165, 1.54) is 5.56 Å². The lowest BCUT2D eigenvalue weighted by Crippen LogP contribution is -1.88. The zero-order valence-corrected chi connectivity index (χ0v) is 7.64. The van der Waals surface area contributed by atoms with Crippen molar-refractivity contribution < 1.29 is 0 Å². The normalized spacial score (nSPS) is 10.0. The van der Waals surface area contributed by atoms with Gasteiger partial charge in [0.15, 0.2) is 0 Å². The number of nitrogens with zero attached hydrogens (tertiary/aromatic N) is 1. The van der Waals surface area contributed by atoms with Crippen LogP contribution >= 0.6 is 12.6 Å². The number of rotatable bonds is 3. The summed E-state index contributed by atoms with van der Waals surface area (Å²) in [7, 11) is 0. The Balaban J connectivity index is 2.52. The van der Waals surface area contributed by atoms with Gasteiger partial charge in [0.2, 0.25) is 0 Å². The monoisotopic (exact) mass is 167 g/mol. The summed E-state index contributed by atoms with van der Waals surface area (Å²) in [5.41, 5.74) is 2.39. The fourth-order valence-electron chi connectivity index (χ4n) is 0.929. The van der Waals surface area contributed by atoms with Crippen LogP contribution in [0.4, 0.5) is 0 Å². The van der Waals surface area contributed by atoms with Crippen molar-refractivity contribution in [2.24, 2.45) is 0 Å². The molecule has 0 radical (unpaired) electrons. The molecule has 1 aromatic rings. The zero-order valence-electron chi connectivity index (χ0n) is 6.75. The maximum Gasteiger partial charge on any atom is 0.0372 e. The molecule has 0 saturated heterocycles. The first-order valence-electron chi connectivity index (χ1n) is 3.85. The van der Waals surface area contributed by atoms with Crippen molar-refractivity contribution in [3.63, 3.8) is 0 Å². The molecule has 2 heteroatoms. The van der Waals surface area contributed by atoms with Crippen LogP contribution in [0, 0.1) is 6.92 Å². The molecule has 0 amide bonds. The molecule has 0 N–H and O–H groups in total. The highest BCUT2D eigenvalue weighted by molar-refractivity contribution is 7.80. The molecule has 11 heavy (non-hydrogen) atoms. The summed E-state index contributed by atoms with van der Waals surface area (Å²) < 4.78 is 0. The molecule has 0 aliphatic rings. The van der Waals surface area contributed by atoms with E-state index in [0.29, 0.717) is 0 Å². The summed E-state index contributed by atoms with van der Waals surface area (Å²) in [6.07, 6.45) is 4.17. The topological polar surface area (TPSA) is 12.9 Å².